The second kappa shape index (κ2) is 4.65. The van der Waals surface area contributed by atoms with Crippen molar-refractivity contribution in [2.75, 3.05) is 7.11 Å². The normalized spacial score (nSPS) is 37.1. The van der Waals surface area contributed by atoms with E-state index in [1.807, 2.05) is 12.1 Å². The fourth-order valence-corrected chi connectivity index (χ4v) is 4.50. The van der Waals surface area contributed by atoms with Crippen molar-refractivity contribution in [2.45, 2.75) is 31.0 Å². The van der Waals surface area contributed by atoms with Crippen LogP contribution in [0.5, 0.6) is 5.75 Å². The molecule has 1 aromatic carbocycles. The first-order valence-electron chi connectivity index (χ1n) is 7.18. The van der Waals surface area contributed by atoms with E-state index in [9.17, 15) is 9.59 Å². The molecular formula is C16H15BrO4. The van der Waals surface area contributed by atoms with Crippen LogP contribution >= 0.6 is 15.9 Å². The fourth-order valence-electron chi connectivity index (χ4n) is 4.16. The van der Waals surface area contributed by atoms with Gasteiger partial charge in [0.05, 0.1) is 31.2 Å². The number of benzene rings is 1. The number of hydrogen-bond donors (Lipinski definition) is 0. The lowest BCUT2D eigenvalue weighted by Crippen LogP contribution is -2.29. The molecule has 5 atom stereocenters. The Kier molecular flexibility index (Phi) is 2.98. The van der Waals surface area contributed by atoms with Gasteiger partial charge in [0.25, 0.3) is 0 Å². The van der Waals surface area contributed by atoms with Crippen LogP contribution in [-0.4, -0.2) is 30.9 Å². The number of ketones is 2. The third kappa shape index (κ3) is 1.77. The minimum absolute atomic E-state index is 0.0119. The Morgan fingerprint density at radius 2 is 1.76 bits per heavy atom. The highest BCUT2D eigenvalue weighted by Gasteiger charge is 2.63. The van der Waals surface area contributed by atoms with Crippen LogP contribution in [0.4, 0.5) is 0 Å². The zero-order chi connectivity index (χ0) is 14.7. The predicted octanol–water partition coefficient (Wildman–Crippen LogP) is 2.49. The first kappa shape index (κ1) is 13.5. The summed E-state index contributed by atoms with van der Waals surface area (Å²) < 4.78 is 12.0. The molecule has 4 nitrogen and oxygen atoms in total. The molecule has 0 spiro atoms. The summed E-state index contributed by atoms with van der Waals surface area (Å²) in [6.45, 7) is 0. The molecule has 0 amide bonds. The summed E-state index contributed by atoms with van der Waals surface area (Å²) >= 11 is 3.38. The maximum atomic E-state index is 12.8. The van der Waals surface area contributed by atoms with Gasteiger partial charge in [-0.25, -0.2) is 0 Å². The van der Waals surface area contributed by atoms with Crippen molar-refractivity contribution in [1.29, 1.82) is 0 Å². The molecule has 2 heterocycles. The van der Waals surface area contributed by atoms with E-state index in [0.717, 1.165) is 17.3 Å². The Balaban J connectivity index is 1.77. The molecule has 3 unspecified atom stereocenters. The first-order valence-corrected chi connectivity index (χ1v) is 7.97. The smallest absolute Gasteiger partial charge is 0.154 e. The highest BCUT2D eigenvalue weighted by atomic mass is 79.9. The molecule has 1 aromatic rings. The molecule has 2 aliphatic heterocycles. The molecule has 110 valence electrons. The standard InChI is InChI=1S/C16H15BrO4/c1-20-11-6-7(17)2-3-8(11)12-15(18)13-9-4-5-10(21-9)14(13)16(12)19/h2-3,6,9-10,12-14H,4-5H2,1H3/t9?,10?,12?,13-,14+. The molecule has 4 rings (SSSR count). The van der Waals surface area contributed by atoms with E-state index >= 15 is 0 Å². The summed E-state index contributed by atoms with van der Waals surface area (Å²) in [4.78, 5) is 25.5. The van der Waals surface area contributed by atoms with Gasteiger partial charge < -0.3 is 9.47 Å². The number of hydrogen-bond acceptors (Lipinski definition) is 4. The van der Waals surface area contributed by atoms with Crippen molar-refractivity contribution in [1.82, 2.24) is 0 Å². The zero-order valence-corrected chi connectivity index (χ0v) is 13.1. The van der Waals surface area contributed by atoms with Gasteiger partial charge in [-0.3, -0.25) is 9.59 Å². The van der Waals surface area contributed by atoms with Gasteiger partial charge in [0, 0.05) is 10.0 Å². The number of carbonyl (C=O) groups is 2. The highest BCUT2D eigenvalue weighted by molar-refractivity contribution is 9.10. The minimum Gasteiger partial charge on any atom is -0.496 e. The lowest BCUT2D eigenvalue weighted by Gasteiger charge is -2.16. The second-order valence-corrected chi connectivity index (χ2v) is 6.88. The number of methoxy groups -OCH3 is 1. The van der Waals surface area contributed by atoms with Gasteiger partial charge in [-0.1, -0.05) is 22.0 Å². The molecule has 2 saturated heterocycles. The minimum atomic E-state index is -0.685. The molecule has 5 heteroatoms. The molecule has 2 bridgehead atoms. The molecule has 1 saturated carbocycles. The molecule has 0 N–H and O–H groups in total. The zero-order valence-electron chi connectivity index (χ0n) is 11.5. The van der Waals surface area contributed by atoms with Gasteiger partial charge in [-0.2, -0.15) is 0 Å². The maximum absolute atomic E-state index is 12.8. The quantitative estimate of drug-likeness (QED) is 0.769. The molecule has 0 aromatic heterocycles. The van der Waals surface area contributed by atoms with Gasteiger partial charge in [-0.15, -0.1) is 0 Å². The first-order chi connectivity index (χ1) is 10.1. The van der Waals surface area contributed by atoms with E-state index in [1.54, 1.807) is 13.2 Å². The third-order valence-corrected chi connectivity index (χ3v) is 5.50. The highest BCUT2D eigenvalue weighted by Crippen LogP contribution is 2.53. The van der Waals surface area contributed by atoms with Crippen LogP contribution in [0, 0.1) is 11.8 Å². The van der Waals surface area contributed by atoms with Crippen molar-refractivity contribution in [3.63, 3.8) is 0 Å². The number of fused-ring (bicyclic) bond motifs is 5. The number of carbonyl (C=O) groups excluding carboxylic acids is 2. The van der Waals surface area contributed by atoms with E-state index in [-0.39, 0.29) is 35.6 Å². The molecule has 1 aliphatic carbocycles. The average molecular weight is 351 g/mol. The largest absolute Gasteiger partial charge is 0.496 e. The lowest BCUT2D eigenvalue weighted by atomic mass is 9.81. The summed E-state index contributed by atoms with van der Waals surface area (Å²) in [5.74, 6) is -0.556. The Labute approximate surface area is 130 Å². The SMILES string of the molecule is COc1cc(Br)ccc1C1C(=O)[C@@H]2C3CCC(O3)[C@@H]2C1=O. The fraction of sp³-hybridized carbons (Fsp3) is 0.500. The summed E-state index contributed by atoms with van der Waals surface area (Å²) in [5.41, 5.74) is 0.685. The Bertz CT molecular complexity index is 613. The van der Waals surface area contributed by atoms with Gasteiger partial charge in [-0.05, 0) is 25.0 Å². The van der Waals surface area contributed by atoms with E-state index < -0.39 is 5.92 Å². The van der Waals surface area contributed by atoms with E-state index in [4.69, 9.17) is 9.47 Å². The molecule has 3 fully saturated rings. The summed E-state index contributed by atoms with van der Waals surface area (Å²) in [5, 5.41) is 0. The van der Waals surface area contributed by atoms with Crippen molar-refractivity contribution < 1.29 is 19.1 Å². The van der Waals surface area contributed by atoms with Gasteiger partial charge in [0.2, 0.25) is 0 Å². The van der Waals surface area contributed by atoms with Crippen LogP contribution in [0.2, 0.25) is 0 Å². The molecular weight excluding hydrogens is 336 g/mol. The number of Topliss-reactive ketones (excluding diaryl/α,β-unsaturated/α-hetero) is 2. The number of halogens is 1. The Hall–Kier alpha value is -1.20. The van der Waals surface area contributed by atoms with Crippen LogP contribution < -0.4 is 4.74 Å². The van der Waals surface area contributed by atoms with Crippen molar-refractivity contribution in [3.05, 3.63) is 28.2 Å². The summed E-state index contributed by atoms with van der Waals surface area (Å²) in [7, 11) is 1.56. The average Bonchev–Trinajstić information content (AvgIpc) is 3.14. The van der Waals surface area contributed by atoms with Crippen LogP contribution in [0.25, 0.3) is 0 Å². The molecule has 0 radical (unpaired) electrons. The van der Waals surface area contributed by atoms with Crippen molar-refractivity contribution >= 4 is 27.5 Å². The molecule has 3 aliphatic rings. The van der Waals surface area contributed by atoms with Crippen LogP contribution in [-0.2, 0) is 14.3 Å². The van der Waals surface area contributed by atoms with E-state index in [1.165, 1.54) is 0 Å². The van der Waals surface area contributed by atoms with Crippen molar-refractivity contribution in [2.24, 2.45) is 11.8 Å². The number of rotatable bonds is 2. The Morgan fingerprint density at radius 3 is 2.33 bits per heavy atom. The lowest BCUT2D eigenvalue weighted by molar-refractivity contribution is -0.127. The van der Waals surface area contributed by atoms with E-state index in [0.29, 0.717) is 11.3 Å². The van der Waals surface area contributed by atoms with Crippen LogP contribution in [0.1, 0.15) is 24.3 Å². The topological polar surface area (TPSA) is 52.6 Å². The van der Waals surface area contributed by atoms with Crippen LogP contribution in [0.15, 0.2) is 22.7 Å². The summed E-state index contributed by atoms with van der Waals surface area (Å²) in [6.07, 6.45) is 1.69. The number of ether oxygens (including phenoxy) is 2. The maximum Gasteiger partial charge on any atom is 0.154 e. The van der Waals surface area contributed by atoms with Gasteiger partial charge in [0.1, 0.15) is 11.7 Å². The van der Waals surface area contributed by atoms with Gasteiger partial charge in [0.15, 0.2) is 11.6 Å². The summed E-state index contributed by atoms with van der Waals surface area (Å²) in [6, 6.07) is 5.46. The Morgan fingerprint density at radius 1 is 1.14 bits per heavy atom. The third-order valence-electron chi connectivity index (χ3n) is 5.01. The molecule has 21 heavy (non-hydrogen) atoms. The van der Waals surface area contributed by atoms with Crippen LogP contribution in [0.3, 0.4) is 0 Å². The predicted molar refractivity (Wildman–Crippen MR) is 78.3 cm³/mol. The second-order valence-electron chi connectivity index (χ2n) is 5.97. The monoisotopic (exact) mass is 350 g/mol. The van der Waals surface area contributed by atoms with E-state index in [2.05, 4.69) is 15.9 Å². The van der Waals surface area contributed by atoms with Crippen molar-refractivity contribution in [3.8, 4) is 5.75 Å². The van der Waals surface area contributed by atoms with Gasteiger partial charge >= 0.3 is 0 Å².